The number of hydrogen-bond acceptors (Lipinski definition) is 4. The molecule has 0 saturated carbocycles. The van der Waals surface area contributed by atoms with E-state index in [1.54, 1.807) is 18.3 Å². The second-order valence-electron chi connectivity index (χ2n) is 6.91. The molecule has 2 heterocycles. The van der Waals surface area contributed by atoms with Crippen molar-refractivity contribution in [3.63, 3.8) is 0 Å². The molecule has 4 nitrogen and oxygen atoms in total. The van der Waals surface area contributed by atoms with Crippen molar-refractivity contribution in [3.8, 4) is 6.07 Å². The molecule has 0 unspecified atom stereocenters. The fraction of sp³-hybridized carbons (Fsp3) is 0.400. The van der Waals surface area contributed by atoms with Gasteiger partial charge in [0.05, 0.1) is 29.1 Å². The first-order valence-electron chi connectivity index (χ1n) is 8.80. The summed E-state index contributed by atoms with van der Waals surface area (Å²) in [5, 5.41) is 8.97. The first-order valence-corrected chi connectivity index (χ1v) is 8.80. The van der Waals surface area contributed by atoms with Gasteiger partial charge in [-0.15, -0.1) is 0 Å². The van der Waals surface area contributed by atoms with E-state index in [1.807, 2.05) is 25.1 Å². The van der Waals surface area contributed by atoms with Crippen LogP contribution in [0.5, 0.6) is 0 Å². The lowest BCUT2D eigenvalue weighted by Crippen LogP contribution is -2.46. The van der Waals surface area contributed by atoms with Gasteiger partial charge in [0.25, 0.3) is 0 Å². The average molecular weight is 374 g/mol. The van der Waals surface area contributed by atoms with Crippen molar-refractivity contribution >= 4 is 11.4 Å². The summed E-state index contributed by atoms with van der Waals surface area (Å²) in [6, 6.07) is 7.68. The van der Waals surface area contributed by atoms with Gasteiger partial charge in [0.15, 0.2) is 0 Å². The Morgan fingerprint density at radius 1 is 1.26 bits per heavy atom. The molecule has 1 atom stereocenters. The predicted molar refractivity (Wildman–Crippen MR) is 98.8 cm³/mol. The maximum atomic E-state index is 13.3. The van der Waals surface area contributed by atoms with E-state index in [9.17, 15) is 13.2 Å². The normalized spacial score (nSPS) is 17.5. The Kier molecular flexibility index (Phi) is 5.26. The summed E-state index contributed by atoms with van der Waals surface area (Å²) in [5.41, 5.74) is 1.34. The molecule has 27 heavy (non-hydrogen) atoms. The molecule has 0 radical (unpaired) electrons. The summed E-state index contributed by atoms with van der Waals surface area (Å²) in [5.74, 6) is 0. The van der Waals surface area contributed by atoms with E-state index in [-0.39, 0.29) is 11.6 Å². The Bertz CT molecular complexity index is 857. The number of nitrogens with zero attached hydrogens (tertiary/aromatic N) is 4. The van der Waals surface area contributed by atoms with E-state index in [2.05, 4.69) is 16.0 Å². The largest absolute Gasteiger partial charge is 0.417 e. The van der Waals surface area contributed by atoms with Crippen molar-refractivity contribution in [2.24, 2.45) is 0 Å². The molecule has 0 amide bonds. The third-order valence-corrected chi connectivity index (χ3v) is 5.01. The minimum absolute atomic E-state index is 0.0771. The van der Waals surface area contributed by atoms with Crippen LogP contribution in [-0.2, 0) is 6.18 Å². The Hall–Kier alpha value is -2.75. The van der Waals surface area contributed by atoms with Gasteiger partial charge >= 0.3 is 6.18 Å². The van der Waals surface area contributed by atoms with Gasteiger partial charge in [-0.05, 0) is 49.6 Å². The van der Waals surface area contributed by atoms with Gasteiger partial charge in [-0.25, -0.2) is 0 Å². The van der Waals surface area contributed by atoms with Crippen molar-refractivity contribution in [1.82, 2.24) is 4.98 Å². The summed E-state index contributed by atoms with van der Waals surface area (Å²) in [4.78, 5) is 8.34. The van der Waals surface area contributed by atoms with Gasteiger partial charge in [0, 0.05) is 38.1 Å². The Morgan fingerprint density at radius 2 is 2.04 bits per heavy atom. The van der Waals surface area contributed by atoms with E-state index in [0.29, 0.717) is 12.2 Å². The summed E-state index contributed by atoms with van der Waals surface area (Å²) in [6.07, 6.45) is 0.915. The molecule has 7 heteroatoms. The maximum Gasteiger partial charge on any atom is 0.417 e. The molecule has 0 spiro atoms. The maximum absolute atomic E-state index is 13.3. The molecule has 0 bridgehead atoms. The van der Waals surface area contributed by atoms with Crippen molar-refractivity contribution in [2.75, 3.05) is 29.9 Å². The van der Waals surface area contributed by atoms with Crippen molar-refractivity contribution in [3.05, 3.63) is 53.3 Å². The Labute approximate surface area is 156 Å². The summed E-state index contributed by atoms with van der Waals surface area (Å²) < 4.78 is 39.8. The van der Waals surface area contributed by atoms with Crippen molar-refractivity contribution in [2.45, 2.75) is 32.0 Å². The third-order valence-electron chi connectivity index (χ3n) is 5.01. The SMILES string of the molecule is Cc1cncc(N2CCC[C@@H](N(C)c3ccc(C#N)c(C(F)(F)F)c3)C2)c1. The van der Waals surface area contributed by atoms with Crippen LogP contribution in [0.3, 0.4) is 0 Å². The topological polar surface area (TPSA) is 43.2 Å². The van der Waals surface area contributed by atoms with E-state index < -0.39 is 11.7 Å². The molecule has 142 valence electrons. The first kappa shape index (κ1) is 19.0. The number of aryl methyl sites for hydroxylation is 1. The van der Waals surface area contributed by atoms with Gasteiger partial charge in [-0.3, -0.25) is 4.98 Å². The molecule has 3 rings (SSSR count). The van der Waals surface area contributed by atoms with Crippen LogP contribution in [0.4, 0.5) is 24.5 Å². The minimum atomic E-state index is -4.55. The van der Waals surface area contributed by atoms with E-state index in [1.165, 1.54) is 6.07 Å². The Morgan fingerprint density at radius 3 is 2.70 bits per heavy atom. The Balaban J connectivity index is 1.83. The highest BCUT2D eigenvalue weighted by atomic mass is 19.4. The van der Waals surface area contributed by atoms with Crippen LogP contribution >= 0.6 is 0 Å². The minimum Gasteiger partial charge on any atom is -0.370 e. The number of benzene rings is 1. The molecule has 1 aromatic heterocycles. The van der Waals surface area contributed by atoms with Crippen LogP contribution in [0.2, 0.25) is 0 Å². The van der Waals surface area contributed by atoms with E-state index in [4.69, 9.17) is 5.26 Å². The average Bonchev–Trinajstić information content (AvgIpc) is 2.66. The number of piperidine rings is 1. The number of nitriles is 1. The number of alkyl halides is 3. The molecule has 1 fully saturated rings. The number of halogens is 3. The monoisotopic (exact) mass is 374 g/mol. The molecule has 0 N–H and O–H groups in total. The quantitative estimate of drug-likeness (QED) is 0.799. The third kappa shape index (κ3) is 4.16. The van der Waals surface area contributed by atoms with Crippen molar-refractivity contribution < 1.29 is 13.2 Å². The zero-order valence-electron chi connectivity index (χ0n) is 15.3. The zero-order valence-corrected chi connectivity index (χ0v) is 15.3. The number of hydrogen-bond donors (Lipinski definition) is 0. The predicted octanol–water partition coefficient (Wildman–Crippen LogP) is 4.39. The van der Waals surface area contributed by atoms with Crippen LogP contribution in [0.1, 0.15) is 29.5 Å². The van der Waals surface area contributed by atoms with Crippen molar-refractivity contribution in [1.29, 1.82) is 5.26 Å². The molecule has 2 aromatic rings. The highest BCUT2D eigenvalue weighted by Crippen LogP contribution is 2.35. The second-order valence-corrected chi connectivity index (χ2v) is 6.91. The number of anilines is 2. The van der Waals surface area contributed by atoms with E-state index in [0.717, 1.165) is 36.7 Å². The zero-order chi connectivity index (χ0) is 19.6. The lowest BCUT2D eigenvalue weighted by atomic mass is 10.0. The standard InChI is InChI=1S/C20H21F3N4/c1-14-8-18(12-25-11-14)27-7-3-4-17(13-27)26(2)16-6-5-15(10-24)19(9-16)20(21,22)23/h5-6,8-9,11-12,17H,3-4,7,13H2,1-2H3/t17-/m1/s1. The molecule has 1 aromatic carbocycles. The van der Waals surface area contributed by atoms with Gasteiger partial charge < -0.3 is 9.80 Å². The van der Waals surface area contributed by atoms with Crippen LogP contribution in [-0.4, -0.2) is 31.2 Å². The van der Waals surface area contributed by atoms with Crippen LogP contribution in [0, 0.1) is 18.3 Å². The highest BCUT2D eigenvalue weighted by Gasteiger charge is 2.34. The number of likely N-dealkylation sites (N-methyl/N-ethyl adjacent to an activating group) is 1. The lowest BCUT2D eigenvalue weighted by Gasteiger charge is -2.40. The summed E-state index contributed by atoms with van der Waals surface area (Å²) in [6.45, 7) is 3.60. The lowest BCUT2D eigenvalue weighted by molar-refractivity contribution is -0.137. The van der Waals surface area contributed by atoms with Gasteiger partial charge in [0.1, 0.15) is 0 Å². The summed E-state index contributed by atoms with van der Waals surface area (Å²) in [7, 11) is 1.81. The van der Waals surface area contributed by atoms with Crippen LogP contribution in [0.25, 0.3) is 0 Å². The number of pyridine rings is 1. The first-order chi connectivity index (χ1) is 12.8. The van der Waals surface area contributed by atoms with Crippen LogP contribution < -0.4 is 9.80 Å². The van der Waals surface area contributed by atoms with Gasteiger partial charge in [-0.1, -0.05) is 0 Å². The summed E-state index contributed by atoms with van der Waals surface area (Å²) >= 11 is 0. The molecular formula is C20H21F3N4. The molecule has 1 saturated heterocycles. The second kappa shape index (κ2) is 7.47. The van der Waals surface area contributed by atoms with Gasteiger partial charge in [0.2, 0.25) is 0 Å². The molecule has 1 aliphatic rings. The number of rotatable bonds is 3. The van der Waals surface area contributed by atoms with Gasteiger partial charge in [-0.2, -0.15) is 18.4 Å². The highest BCUT2D eigenvalue weighted by molar-refractivity contribution is 5.56. The van der Waals surface area contributed by atoms with Crippen LogP contribution in [0.15, 0.2) is 36.7 Å². The fourth-order valence-corrected chi connectivity index (χ4v) is 3.51. The molecule has 1 aliphatic heterocycles. The molecule has 0 aliphatic carbocycles. The van der Waals surface area contributed by atoms with E-state index >= 15 is 0 Å². The molecular weight excluding hydrogens is 353 g/mol. The number of aromatic nitrogens is 1. The smallest absolute Gasteiger partial charge is 0.370 e. The fourth-order valence-electron chi connectivity index (χ4n) is 3.51.